The van der Waals surface area contributed by atoms with Crippen molar-refractivity contribution in [1.82, 2.24) is 5.32 Å². The van der Waals surface area contributed by atoms with Gasteiger partial charge in [0.15, 0.2) is 0 Å². The highest BCUT2D eigenvalue weighted by molar-refractivity contribution is 9.10. The normalized spacial score (nSPS) is 18.7. The maximum Gasteiger partial charge on any atom is 0.328 e. The highest BCUT2D eigenvalue weighted by Crippen LogP contribution is 2.30. The van der Waals surface area contributed by atoms with Gasteiger partial charge in [-0.1, -0.05) is 28.1 Å². The van der Waals surface area contributed by atoms with Gasteiger partial charge in [0.05, 0.1) is 0 Å². The number of rotatable bonds is 5. The Balaban J connectivity index is 2.19. The van der Waals surface area contributed by atoms with Crippen molar-refractivity contribution >= 4 is 21.9 Å². The lowest BCUT2D eigenvalue weighted by Gasteiger charge is -2.27. The van der Waals surface area contributed by atoms with Crippen LogP contribution in [-0.2, 0) is 10.3 Å². The molecule has 1 fully saturated rings. The second-order valence-corrected chi connectivity index (χ2v) is 5.68. The van der Waals surface area contributed by atoms with Crippen molar-refractivity contribution in [2.24, 2.45) is 5.92 Å². The minimum absolute atomic E-state index is 0.657. The molecular formula is C13H16BrNO2. The molecule has 17 heavy (non-hydrogen) atoms. The molecule has 0 aromatic heterocycles. The average molecular weight is 298 g/mol. The first kappa shape index (κ1) is 12.6. The SMILES string of the molecule is CC(NCC1CC1)(C(=O)O)c1ccc(Br)cc1. The first-order valence-corrected chi connectivity index (χ1v) is 6.56. The first-order valence-electron chi connectivity index (χ1n) is 5.77. The fourth-order valence-electron chi connectivity index (χ4n) is 1.75. The molecule has 4 heteroatoms. The molecule has 0 bridgehead atoms. The fourth-order valence-corrected chi connectivity index (χ4v) is 2.02. The second kappa shape index (κ2) is 4.78. The molecule has 92 valence electrons. The van der Waals surface area contributed by atoms with Crippen molar-refractivity contribution in [3.05, 3.63) is 34.3 Å². The summed E-state index contributed by atoms with van der Waals surface area (Å²) in [6, 6.07) is 7.43. The fraction of sp³-hybridized carbons (Fsp3) is 0.462. The lowest BCUT2D eigenvalue weighted by Crippen LogP contribution is -2.47. The molecular weight excluding hydrogens is 282 g/mol. The van der Waals surface area contributed by atoms with Crippen molar-refractivity contribution in [3.8, 4) is 0 Å². The van der Waals surface area contributed by atoms with Crippen molar-refractivity contribution in [3.63, 3.8) is 0 Å². The summed E-state index contributed by atoms with van der Waals surface area (Å²) in [5.74, 6) is -0.176. The van der Waals surface area contributed by atoms with Crippen LogP contribution < -0.4 is 5.32 Å². The summed E-state index contributed by atoms with van der Waals surface area (Å²) < 4.78 is 0.955. The van der Waals surface area contributed by atoms with Crippen molar-refractivity contribution in [1.29, 1.82) is 0 Å². The molecule has 0 aliphatic heterocycles. The van der Waals surface area contributed by atoms with Gasteiger partial charge in [-0.25, -0.2) is 4.79 Å². The van der Waals surface area contributed by atoms with Gasteiger partial charge in [0.1, 0.15) is 5.54 Å². The summed E-state index contributed by atoms with van der Waals surface area (Å²) in [6.45, 7) is 2.50. The molecule has 1 saturated carbocycles. The van der Waals surface area contributed by atoms with E-state index in [1.54, 1.807) is 6.92 Å². The Morgan fingerprint density at radius 1 is 1.47 bits per heavy atom. The third-order valence-corrected chi connectivity index (χ3v) is 3.82. The van der Waals surface area contributed by atoms with Crippen molar-refractivity contribution in [2.75, 3.05) is 6.54 Å². The lowest BCUT2D eigenvalue weighted by atomic mass is 9.92. The molecule has 0 spiro atoms. The van der Waals surface area contributed by atoms with Crippen LogP contribution in [0.2, 0.25) is 0 Å². The Labute approximate surface area is 109 Å². The number of nitrogens with one attached hydrogen (secondary N) is 1. The number of carboxylic acids is 1. The Morgan fingerprint density at radius 2 is 2.06 bits per heavy atom. The van der Waals surface area contributed by atoms with Crippen LogP contribution >= 0.6 is 15.9 Å². The summed E-state index contributed by atoms with van der Waals surface area (Å²) in [5.41, 5.74) is -0.211. The molecule has 1 aliphatic rings. The zero-order chi connectivity index (χ0) is 12.5. The molecule has 2 rings (SSSR count). The molecule has 0 saturated heterocycles. The molecule has 1 aliphatic carbocycles. The summed E-state index contributed by atoms with van der Waals surface area (Å²) in [5, 5.41) is 12.6. The quantitative estimate of drug-likeness (QED) is 0.879. The number of benzene rings is 1. The van der Waals surface area contributed by atoms with E-state index in [4.69, 9.17) is 0 Å². The summed E-state index contributed by atoms with van der Waals surface area (Å²) in [7, 11) is 0. The van der Waals surface area contributed by atoms with Gasteiger partial charge >= 0.3 is 5.97 Å². The molecule has 0 radical (unpaired) electrons. The Kier molecular flexibility index (Phi) is 3.54. The summed E-state index contributed by atoms with van der Waals surface area (Å²) >= 11 is 3.35. The molecule has 1 unspecified atom stereocenters. The highest BCUT2D eigenvalue weighted by Gasteiger charge is 2.36. The summed E-state index contributed by atoms with van der Waals surface area (Å²) in [6.07, 6.45) is 2.42. The van der Waals surface area contributed by atoms with Gasteiger partial charge in [-0.05, 0) is 49.9 Å². The average Bonchev–Trinajstić information content (AvgIpc) is 3.10. The van der Waals surface area contributed by atoms with Crippen LogP contribution in [-0.4, -0.2) is 17.6 Å². The number of aliphatic carboxylic acids is 1. The van der Waals surface area contributed by atoms with Gasteiger partial charge in [-0.3, -0.25) is 5.32 Å². The van der Waals surface area contributed by atoms with Crippen LogP contribution in [0.1, 0.15) is 25.3 Å². The zero-order valence-corrected chi connectivity index (χ0v) is 11.3. The number of hydrogen-bond donors (Lipinski definition) is 2. The Bertz CT molecular complexity index is 414. The third-order valence-electron chi connectivity index (χ3n) is 3.29. The van der Waals surface area contributed by atoms with E-state index in [-0.39, 0.29) is 0 Å². The molecule has 1 aromatic rings. The standard InChI is InChI=1S/C13H16BrNO2/c1-13(12(16)17,15-8-9-2-3-9)10-4-6-11(14)7-5-10/h4-7,9,15H,2-3,8H2,1H3,(H,16,17). The van der Waals surface area contributed by atoms with E-state index in [1.165, 1.54) is 12.8 Å². The zero-order valence-electron chi connectivity index (χ0n) is 9.74. The maximum atomic E-state index is 11.5. The largest absolute Gasteiger partial charge is 0.480 e. The van der Waals surface area contributed by atoms with Gasteiger partial charge in [0.25, 0.3) is 0 Å². The maximum absolute atomic E-state index is 11.5. The molecule has 0 heterocycles. The van der Waals surface area contributed by atoms with Crippen LogP contribution in [0.15, 0.2) is 28.7 Å². The van der Waals surface area contributed by atoms with Crippen LogP contribution in [0.3, 0.4) is 0 Å². The van der Waals surface area contributed by atoms with Gasteiger partial charge in [-0.15, -0.1) is 0 Å². The lowest BCUT2D eigenvalue weighted by molar-refractivity contribution is -0.144. The van der Waals surface area contributed by atoms with E-state index in [0.717, 1.165) is 16.6 Å². The van der Waals surface area contributed by atoms with E-state index in [1.807, 2.05) is 24.3 Å². The number of halogens is 1. The minimum Gasteiger partial charge on any atom is -0.480 e. The van der Waals surface area contributed by atoms with E-state index in [0.29, 0.717) is 5.92 Å². The predicted octanol–water partition coefficient (Wildman–Crippen LogP) is 2.75. The molecule has 1 aromatic carbocycles. The first-order chi connectivity index (χ1) is 8.02. The summed E-state index contributed by atoms with van der Waals surface area (Å²) in [4.78, 5) is 11.5. The Hall–Kier alpha value is -0.870. The van der Waals surface area contributed by atoms with E-state index in [2.05, 4.69) is 21.2 Å². The van der Waals surface area contributed by atoms with Crippen LogP contribution in [0.5, 0.6) is 0 Å². The third kappa shape index (κ3) is 2.87. The van der Waals surface area contributed by atoms with Crippen LogP contribution in [0.4, 0.5) is 0 Å². The van der Waals surface area contributed by atoms with Gasteiger partial charge in [-0.2, -0.15) is 0 Å². The highest BCUT2D eigenvalue weighted by atomic mass is 79.9. The molecule has 3 nitrogen and oxygen atoms in total. The molecule has 2 N–H and O–H groups in total. The van der Waals surface area contributed by atoms with E-state index in [9.17, 15) is 9.90 Å². The predicted molar refractivity (Wildman–Crippen MR) is 69.9 cm³/mol. The Morgan fingerprint density at radius 3 is 2.53 bits per heavy atom. The van der Waals surface area contributed by atoms with Crippen molar-refractivity contribution < 1.29 is 9.90 Å². The second-order valence-electron chi connectivity index (χ2n) is 4.76. The minimum atomic E-state index is -0.997. The number of carboxylic acid groups (broad SMARTS) is 1. The van der Waals surface area contributed by atoms with Gasteiger partial charge in [0.2, 0.25) is 0 Å². The van der Waals surface area contributed by atoms with Gasteiger partial charge in [0, 0.05) is 4.47 Å². The number of carbonyl (C=O) groups is 1. The van der Waals surface area contributed by atoms with Crippen LogP contribution in [0.25, 0.3) is 0 Å². The molecule has 1 atom stereocenters. The molecule has 0 amide bonds. The van der Waals surface area contributed by atoms with Gasteiger partial charge < -0.3 is 5.11 Å². The van der Waals surface area contributed by atoms with E-state index >= 15 is 0 Å². The smallest absolute Gasteiger partial charge is 0.328 e. The monoisotopic (exact) mass is 297 g/mol. The van der Waals surface area contributed by atoms with Crippen LogP contribution in [0, 0.1) is 5.92 Å². The number of hydrogen-bond acceptors (Lipinski definition) is 2. The van der Waals surface area contributed by atoms with Crippen molar-refractivity contribution in [2.45, 2.75) is 25.3 Å². The topological polar surface area (TPSA) is 49.3 Å². The van der Waals surface area contributed by atoms with E-state index < -0.39 is 11.5 Å².